The maximum Gasteiger partial charge on any atom is 0.295 e. The zero-order valence-corrected chi connectivity index (χ0v) is 12.5. The summed E-state index contributed by atoms with van der Waals surface area (Å²) in [5, 5.41) is 7.31. The van der Waals surface area contributed by atoms with Gasteiger partial charge in [-0.25, -0.2) is 0 Å². The molecule has 0 aliphatic rings. The molecule has 0 aromatic heterocycles. The first-order valence-corrected chi connectivity index (χ1v) is 8.80. The van der Waals surface area contributed by atoms with Gasteiger partial charge in [0.15, 0.2) is 5.88 Å². The van der Waals surface area contributed by atoms with Crippen LogP contribution in [0.1, 0.15) is 0 Å². The highest BCUT2D eigenvalue weighted by Gasteiger charge is 2.15. The predicted octanol–water partition coefficient (Wildman–Crippen LogP) is 1.71. The summed E-state index contributed by atoms with van der Waals surface area (Å²) in [6.07, 6.45) is 0. The molecule has 0 amide bonds. The number of benzene rings is 2. The van der Waals surface area contributed by atoms with Crippen LogP contribution in [0.25, 0.3) is 10.8 Å². The van der Waals surface area contributed by atoms with Gasteiger partial charge in [0.05, 0.1) is 5.69 Å². The van der Waals surface area contributed by atoms with Crippen LogP contribution in [0.3, 0.4) is 0 Å². The lowest BCUT2D eigenvalue weighted by Crippen LogP contribution is -2.02. The van der Waals surface area contributed by atoms with Crippen LogP contribution in [-0.2, 0) is 20.2 Å². The van der Waals surface area contributed by atoms with E-state index in [1.165, 1.54) is 18.2 Å². The Morgan fingerprint density at radius 1 is 0.955 bits per heavy atom. The van der Waals surface area contributed by atoms with Crippen molar-refractivity contribution in [3.8, 4) is 0 Å². The fourth-order valence-electron chi connectivity index (χ4n) is 1.78. The first-order valence-electron chi connectivity index (χ1n) is 5.75. The molecule has 0 aliphatic carbocycles. The maximum absolute atomic E-state index is 11.3. The number of hydrogen-bond donors (Lipinski definition) is 3. The van der Waals surface area contributed by atoms with Crippen LogP contribution in [0.15, 0.2) is 51.6 Å². The van der Waals surface area contributed by atoms with Crippen LogP contribution in [0.4, 0.5) is 5.69 Å². The van der Waals surface area contributed by atoms with Crippen molar-refractivity contribution in [3.05, 3.63) is 36.4 Å². The normalized spacial score (nSPS) is 12.8. The number of hydrogen-bond acceptors (Lipinski definition) is 6. The van der Waals surface area contributed by atoms with Gasteiger partial charge in [-0.05, 0) is 12.1 Å². The lowest BCUT2D eigenvalue weighted by atomic mass is 10.1. The van der Waals surface area contributed by atoms with Gasteiger partial charge in [-0.2, -0.15) is 21.9 Å². The van der Waals surface area contributed by atoms with Gasteiger partial charge in [0.25, 0.3) is 20.2 Å². The molecule has 0 saturated carbocycles. The summed E-state index contributed by atoms with van der Waals surface area (Å²) in [5.41, 5.74) is 2.79. The molecule has 3 N–H and O–H groups in total. The van der Waals surface area contributed by atoms with Gasteiger partial charge < -0.3 is 0 Å². The van der Waals surface area contributed by atoms with Gasteiger partial charge in [0.2, 0.25) is 0 Å². The first kappa shape index (κ1) is 16.3. The van der Waals surface area contributed by atoms with Gasteiger partial charge in [0, 0.05) is 10.8 Å². The van der Waals surface area contributed by atoms with E-state index in [1.807, 2.05) is 0 Å². The fraction of sp³-hybridized carbons (Fsp3) is 0.0909. The summed E-state index contributed by atoms with van der Waals surface area (Å²) in [5.74, 6) is -0.902. The van der Waals surface area contributed by atoms with Gasteiger partial charge >= 0.3 is 0 Å². The zero-order valence-electron chi connectivity index (χ0n) is 10.9. The molecule has 0 aliphatic heterocycles. The second kappa shape index (κ2) is 5.96. The predicted molar refractivity (Wildman–Crippen MR) is 78.7 cm³/mol. The third-order valence-corrected chi connectivity index (χ3v) is 3.98. The molecular weight excluding hydrogens is 334 g/mol. The minimum absolute atomic E-state index is 0.261. The van der Waals surface area contributed by atoms with Crippen molar-refractivity contribution in [1.82, 2.24) is 0 Å². The summed E-state index contributed by atoms with van der Waals surface area (Å²) in [6.45, 7) is 0. The summed E-state index contributed by atoms with van der Waals surface area (Å²) >= 11 is 0. The number of anilines is 1. The van der Waals surface area contributed by atoms with Crippen molar-refractivity contribution >= 4 is 36.7 Å². The first-order chi connectivity index (χ1) is 10.2. The molecule has 0 saturated heterocycles. The number of rotatable bonds is 5. The lowest BCUT2D eigenvalue weighted by Gasteiger charge is -2.08. The zero-order chi connectivity index (χ0) is 16.4. The van der Waals surface area contributed by atoms with E-state index in [0.717, 1.165) is 0 Å². The summed E-state index contributed by atoms with van der Waals surface area (Å²) in [7, 11) is -8.64. The largest absolute Gasteiger partial charge is 0.295 e. The van der Waals surface area contributed by atoms with E-state index < -0.39 is 26.1 Å². The summed E-state index contributed by atoms with van der Waals surface area (Å²) < 4.78 is 61.3. The average molecular weight is 345 g/mol. The molecule has 0 atom stereocenters. The molecule has 2 rings (SSSR count). The Hall–Kier alpha value is -2.08. The topological polar surface area (TPSA) is 145 Å². The SMILES string of the molecule is O=S(=O)(O)CN=NNc1ccc(S(=O)(=O)O)c2ccccc12. The van der Waals surface area contributed by atoms with Gasteiger partial charge in [-0.3, -0.25) is 14.5 Å². The third kappa shape index (κ3) is 3.98. The highest BCUT2D eigenvalue weighted by atomic mass is 32.2. The van der Waals surface area contributed by atoms with Gasteiger partial charge in [-0.1, -0.05) is 29.5 Å². The minimum Gasteiger partial charge on any atom is -0.284 e. The van der Waals surface area contributed by atoms with Crippen molar-refractivity contribution in [3.63, 3.8) is 0 Å². The molecule has 0 fully saturated rings. The van der Waals surface area contributed by atoms with Gasteiger partial charge in [-0.15, -0.1) is 0 Å². The highest BCUT2D eigenvalue weighted by molar-refractivity contribution is 7.86. The number of nitrogens with zero attached hydrogens (tertiary/aromatic N) is 2. The van der Waals surface area contributed by atoms with Crippen LogP contribution in [0.2, 0.25) is 0 Å². The Kier molecular flexibility index (Phi) is 4.42. The quantitative estimate of drug-likeness (QED) is 0.425. The Morgan fingerprint density at radius 2 is 1.59 bits per heavy atom. The van der Waals surface area contributed by atoms with Crippen molar-refractivity contribution in [2.75, 3.05) is 11.3 Å². The van der Waals surface area contributed by atoms with E-state index in [1.54, 1.807) is 18.2 Å². The molecule has 118 valence electrons. The Bertz CT molecular complexity index is 937. The van der Waals surface area contributed by atoms with E-state index in [-0.39, 0.29) is 10.3 Å². The van der Waals surface area contributed by atoms with Crippen molar-refractivity contribution in [1.29, 1.82) is 0 Å². The molecule has 0 bridgehead atoms. The Morgan fingerprint density at radius 3 is 2.18 bits per heavy atom. The molecule has 0 radical (unpaired) electrons. The molecule has 0 heterocycles. The molecule has 9 nitrogen and oxygen atoms in total. The molecule has 11 heteroatoms. The molecule has 2 aromatic rings. The van der Waals surface area contributed by atoms with Crippen LogP contribution in [0.5, 0.6) is 0 Å². The second-order valence-electron chi connectivity index (χ2n) is 4.20. The monoisotopic (exact) mass is 345 g/mol. The van der Waals surface area contributed by atoms with Crippen LogP contribution in [-0.4, -0.2) is 31.8 Å². The molecule has 22 heavy (non-hydrogen) atoms. The molecule has 2 aromatic carbocycles. The van der Waals surface area contributed by atoms with Crippen molar-refractivity contribution in [2.45, 2.75) is 4.90 Å². The van der Waals surface area contributed by atoms with Crippen LogP contribution < -0.4 is 5.43 Å². The fourth-order valence-corrected chi connectivity index (χ4v) is 2.68. The van der Waals surface area contributed by atoms with Crippen molar-refractivity contribution < 1.29 is 25.9 Å². The Balaban J connectivity index is 2.41. The summed E-state index contributed by atoms with van der Waals surface area (Å²) in [6, 6.07) is 8.86. The standard InChI is InChI=1S/C11H11N3O6S2/c15-21(16,17)7-12-14-13-10-5-6-11(22(18,19)20)9-4-2-1-3-8(9)10/h1-6H,7H2,(H,12,13)(H,15,16,17)(H,18,19,20). The third-order valence-electron chi connectivity index (χ3n) is 2.62. The van der Waals surface area contributed by atoms with Crippen LogP contribution >= 0.6 is 0 Å². The molecule has 0 unspecified atom stereocenters. The maximum atomic E-state index is 11.3. The van der Waals surface area contributed by atoms with E-state index in [9.17, 15) is 21.4 Å². The second-order valence-corrected chi connectivity index (χ2v) is 7.01. The molecule has 0 spiro atoms. The number of nitrogens with one attached hydrogen (secondary N) is 1. The molecular formula is C11H11N3O6S2. The average Bonchev–Trinajstić information content (AvgIpc) is 2.41. The summed E-state index contributed by atoms with van der Waals surface area (Å²) in [4.78, 5) is -0.261. The van der Waals surface area contributed by atoms with Crippen molar-refractivity contribution in [2.24, 2.45) is 10.3 Å². The van der Waals surface area contributed by atoms with E-state index >= 15 is 0 Å². The Labute approximate surface area is 126 Å². The lowest BCUT2D eigenvalue weighted by molar-refractivity contribution is 0.481. The van der Waals surface area contributed by atoms with E-state index in [2.05, 4.69) is 15.8 Å². The number of fused-ring (bicyclic) bond motifs is 1. The van der Waals surface area contributed by atoms with E-state index in [0.29, 0.717) is 11.1 Å². The smallest absolute Gasteiger partial charge is 0.284 e. The highest BCUT2D eigenvalue weighted by Crippen LogP contribution is 2.29. The minimum atomic E-state index is -4.38. The van der Waals surface area contributed by atoms with E-state index in [4.69, 9.17) is 4.55 Å². The van der Waals surface area contributed by atoms with Crippen LogP contribution in [0, 0.1) is 0 Å². The van der Waals surface area contributed by atoms with Gasteiger partial charge in [0.1, 0.15) is 4.90 Å².